The summed E-state index contributed by atoms with van der Waals surface area (Å²) in [6.07, 6.45) is 9.76. The summed E-state index contributed by atoms with van der Waals surface area (Å²) >= 11 is 0. The Morgan fingerprint density at radius 2 is 1.59 bits per heavy atom. The average molecular weight is 880 g/mol. The molecule has 1 amide bonds. The van der Waals surface area contributed by atoms with Crippen LogP contribution < -0.4 is 5.32 Å². The second kappa shape index (κ2) is 19.9. The fraction of sp³-hybridized carbons (Fsp3) is 0.745. The minimum Gasteiger partial charge on any atom is -0.481 e. The van der Waals surface area contributed by atoms with E-state index in [-0.39, 0.29) is 35.5 Å². The summed E-state index contributed by atoms with van der Waals surface area (Å²) in [6.45, 7) is 19.7. The summed E-state index contributed by atoms with van der Waals surface area (Å²) < 4.78 is 34.6. The van der Waals surface area contributed by atoms with Crippen LogP contribution in [0.25, 0.3) is 6.08 Å². The van der Waals surface area contributed by atoms with E-state index in [0.29, 0.717) is 57.8 Å². The number of carbonyl (C=O) groups excluding carboxylic acids is 2. The minimum atomic E-state index is -1.35. The van der Waals surface area contributed by atoms with Crippen molar-refractivity contribution in [2.45, 2.75) is 199 Å². The molecule has 1 aromatic rings. The summed E-state index contributed by atoms with van der Waals surface area (Å²) in [7, 11) is 0. The second-order valence-corrected chi connectivity index (χ2v) is 20.2. The van der Waals surface area contributed by atoms with Crippen molar-refractivity contribution in [1.29, 1.82) is 0 Å². The number of Topliss-reactive ketones (excluding diaryl/α,β-unsaturated/α-hetero) is 1. The molecular weight excluding hydrogens is 803 g/mol. The molecule has 5 aliphatic heterocycles. The van der Waals surface area contributed by atoms with Gasteiger partial charge in [-0.3, -0.25) is 14.4 Å². The largest absolute Gasteiger partial charge is 0.481 e. The molecule has 352 valence electrons. The van der Waals surface area contributed by atoms with Crippen LogP contribution in [0.1, 0.15) is 139 Å². The fourth-order valence-corrected chi connectivity index (χ4v) is 11.6. The van der Waals surface area contributed by atoms with Crippen LogP contribution in [0, 0.1) is 41.4 Å². The zero-order valence-electron chi connectivity index (χ0n) is 39.5. The molecule has 4 N–H and O–H groups in total. The van der Waals surface area contributed by atoms with Gasteiger partial charge < -0.3 is 44.3 Å². The number of nitrogens with one attached hydrogen (secondary N) is 1. The number of ether oxygens (including phenoxy) is 5. The molecule has 0 aliphatic carbocycles. The first-order valence-corrected chi connectivity index (χ1v) is 24.0. The lowest BCUT2D eigenvalue weighted by molar-refractivity contribution is -0.398. The summed E-state index contributed by atoms with van der Waals surface area (Å²) in [6, 6.07) is 8.93. The van der Waals surface area contributed by atoms with Gasteiger partial charge in [0.25, 0.3) is 0 Å². The topological polar surface area (TPSA) is 170 Å². The molecular formula is C51H77NO11. The molecule has 18 atom stereocenters. The first kappa shape index (κ1) is 49.5. The van der Waals surface area contributed by atoms with E-state index in [1.54, 1.807) is 13.0 Å². The van der Waals surface area contributed by atoms with Crippen molar-refractivity contribution in [3.8, 4) is 0 Å². The van der Waals surface area contributed by atoms with Crippen molar-refractivity contribution in [1.82, 2.24) is 5.32 Å². The Morgan fingerprint density at radius 1 is 0.889 bits per heavy atom. The third kappa shape index (κ3) is 10.1. The molecule has 5 heterocycles. The van der Waals surface area contributed by atoms with Gasteiger partial charge in [-0.05, 0) is 101 Å². The molecule has 1 aromatic carbocycles. The second-order valence-electron chi connectivity index (χ2n) is 20.2. The van der Waals surface area contributed by atoms with Crippen LogP contribution in [0.3, 0.4) is 0 Å². The molecule has 12 nitrogen and oxygen atoms in total. The predicted octanol–water partition coefficient (Wildman–Crippen LogP) is 8.03. The number of ketones is 1. The van der Waals surface area contributed by atoms with E-state index >= 15 is 0 Å². The minimum absolute atomic E-state index is 0.0246. The van der Waals surface area contributed by atoms with Crippen LogP contribution in [0.2, 0.25) is 0 Å². The highest BCUT2D eigenvalue weighted by Crippen LogP contribution is 2.54. The number of carboxylic acids is 1. The van der Waals surface area contributed by atoms with Crippen LogP contribution in [0.5, 0.6) is 0 Å². The third-order valence-corrected chi connectivity index (χ3v) is 16.0. The van der Waals surface area contributed by atoms with Gasteiger partial charge >= 0.3 is 5.97 Å². The number of aliphatic hydroxyl groups excluding tert-OH is 1. The van der Waals surface area contributed by atoms with E-state index in [9.17, 15) is 29.7 Å². The van der Waals surface area contributed by atoms with E-state index in [1.165, 1.54) is 6.08 Å². The molecule has 5 aliphatic rings. The Bertz CT molecular complexity index is 1810. The lowest BCUT2D eigenvalue weighted by Gasteiger charge is -2.55. The number of rotatable bonds is 15. The highest BCUT2D eigenvalue weighted by atomic mass is 16.8. The SMILES string of the molecule is CC[C@@H](C(=O)[C@@H](C)[C@@H](O)[C@H](C)[C@@H]1O[C@@H]([C@@H](CC)C(=O)O)CC[C@@H]1C)[C@H]1O[C@]2(C=C[C@H](NC(=O)/C=C/c3ccccc3)[C@]3(CC[C@@](C)([C@H]4CC[C@](O)(CC)[C@H](C)O4)O3)O2)[C@H](C)C[C@@H]1C. The smallest absolute Gasteiger partial charge is 0.309 e. The van der Waals surface area contributed by atoms with Crippen LogP contribution in [0.4, 0.5) is 0 Å². The van der Waals surface area contributed by atoms with Crippen molar-refractivity contribution < 1.29 is 53.4 Å². The molecule has 12 heteroatoms. The number of carbonyl (C=O) groups is 3. The summed E-state index contributed by atoms with van der Waals surface area (Å²) in [5, 5.41) is 36.2. The Hall–Kier alpha value is -2.97. The van der Waals surface area contributed by atoms with Gasteiger partial charge in [-0.2, -0.15) is 0 Å². The molecule has 4 saturated heterocycles. The van der Waals surface area contributed by atoms with E-state index in [1.807, 2.05) is 84.0 Å². The van der Waals surface area contributed by atoms with Crippen LogP contribution in [0.15, 0.2) is 48.6 Å². The van der Waals surface area contributed by atoms with Crippen molar-refractivity contribution >= 4 is 23.7 Å². The van der Waals surface area contributed by atoms with Crippen molar-refractivity contribution in [3.63, 3.8) is 0 Å². The van der Waals surface area contributed by atoms with Gasteiger partial charge in [0.15, 0.2) is 11.6 Å². The highest BCUT2D eigenvalue weighted by Gasteiger charge is 2.63. The Morgan fingerprint density at radius 3 is 2.22 bits per heavy atom. The molecule has 0 aromatic heterocycles. The number of hydrogen-bond acceptors (Lipinski definition) is 10. The Balaban J connectivity index is 1.25. The molecule has 0 bridgehead atoms. The fourth-order valence-electron chi connectivity index (χ4n) is 11.6. The normalized spacial score (nSPS) is 40.7. The van der Waals surface area contributed by atoms with E-state index in [2.05, 4.69) is 26.1 Å². The molecule has 2 spiro atoms. The summed E-state index contributed by atoms with van der Waals surface area (Å²) in [5.74, 6) is -6.35. The van der Waals surface area contributed by atoms with Gasteiger partial charge in [0.2, 0.25) is 5.91 Å². The first-order valence-electron chi connectivity index (χ1n) is 24.0. The number of amides is 1. The third-order valence-electron chi connectivity index (χ3n) is 16.0. The van der Waals surface area contributed by atoms with Crippen molar-refractivity contribution in [2.24, 2.45) is 41.4 Å². The van der Waals surface area contributed by atoms with E-state index in [0.717, 1.165) is 12.0 Å². The Kier molecular flexibility index (Phi) is 15.6. The monoisotopic (exact) mass is 880 g/mol. The number of benzene rings is 1. The molecule has 63 heavy (non-hydrogen) atoms. The van der Waals surface area contributed by atoms with Gasteiger partial charge in [-0.15, -0.1) is 0 Å². The van der Waals surface area contributed by atoms with Gasteiger partial charge in [0.05, 0.1) is 53.7 Å². The maximum atomic E-state index is 14.7. The number of carboxylic acid groups (broad SMARTS) is 1. The van der Waals surface area contributed by atoms with E-state index in [4.69, 9.17) is 23.7 Å². The van der Waals surface area contributed by atoms with Crippen molar-refractivity contribution in [2.75, 3.05) is 0 Å². The lowest BCUT2D eigenvalue weighted by Crippen LogP contribution is -2.65. The Labute approximate surface area is 375 Å². The lowest BCUT2D eigenvalue weighted by atomic mass is 9.72. The molecule has 0 unspecified atom stereocenters. The standard InChI is InChI=1S/C51H77NO11/c1-11-37(47(56)57)39-21-19-30(4)45(60-39)34(8)43(54)33(7)44(55)38(12-2)46-31(5)29-32(6)50(61-46)26-23-40(52-42(53)22-20-36-17-15-14-16-18-36)51(63-50)28-27-48(10,62-51)41-24-25-49(58,13-3)35(9)59-41/h14-18,20,22-23,26,30-35,37-41,43,45-46,54,58H,11-13,19,21,24-25,27-29H2,1-10H3,(H,52,53)(H,56,57)/b22-20+/t30-,31-,32+,33-,34-,35-,37+,38-,39+,40-,41+,43+,45+,46-,48-,49+,50-,51-/m0/s1. The highest BCUT2D eigenvalue weighted by molar-refractivity contribution is 5.92. The zero-order valence-corrected chi connectivity index (χ0v) is 39.5. The molecule has 0 saturated carbocycles. The molecule has 6 rings (SSSR count). The maximum absolute atomic E-state index is 14.7. The van der Waals surface area contributed by atoms with E-state index < -0.39 is 89.0 Å². The average Bonchev–Trinajstić information content (AvgIpc) is 3.60. The summed E-state index contributed by atoms with van der Waals surface area (Å²) in [5.41, 5.74) is -0.831. The van der Waals surface area contributed by atoms with Crippen LogP contribution >= 0.6 is 0 Å². The quantitative estimate of drug-likeness (QED) is 0.0994. The maximum Gasteiger partial charge on any atom is 0.309 e. The van der Waals surface area contributed by atoms with Gasteiger partial charge in [-0.25, -0.2) is 0 Å². The predicted molar refractivity (Wildman–Crippen MR) is 240 cm³/mol. The first-order chi connectivity index (χ1) is 29.8. The number of hydrogen-bond donors (Lipinski definition) is 4. The zero-order chi connectivity index (χ0) is 46.1. The number of aliphatic carboxylic acids is 1. The molecule has 0 radical (unpaired) electrons. The van der Waals surface area contributed by atoms with Gasteiger partial charge in [0.1, 0.15) is 11.8 Å². The van der Waals surface area contributed by atoms with Crippen LogP contribution in [-0.4, -0.2) is 98.4 Å². The summed E-state index contributed by atoms with van der Waals surface area (Å²) in [4.78, 5) is 40.4. The molecule has 4 fully saturated rings. The van der Waals surface area contributed by atoms with Crippen LogP contribution in [-0.2, 0) is 38.1 Å². The van der Waals surface area contributed by atoms with Gasteiger partial charge in [-0.1, -0.05) is 91.8 Å². The number of aliphatic hydroxyl groups is 2. The van der Waals surface area contributed by atoms with Crippen molar-refractivity contribution in [3.05, 3.63) is 54.1 Å². The van der Waals surface area contributed by atoms with Gasteiger partial charge in [0, 0.05) is 36.2 Å².